The number of carbonyl (C=O) groups excluding carboxylic acids is 1. The van der Waals surface area contributed by atoms with Gasteiger partial charge < -0.3 is 54.3 Å². The summed E-state index contributed by atoms with van der Waals surface area (Å²) >= 11 is 0. The fourth-order valence-electron chi connectivity index (χ4n) is 10.0. The molecule has 0 aromatic rings. The van der Waals surface area contributed by atoms with Crippen molar-refractivity contribution in [1.82, 2.24) is 9.80 Å². The van der Waals surface area contributed by atoms with E-state index in [1.54, 1.807) is 7.11 Å². The average Bonchev–Trinajstić information content (AvgIpc) is 3.05. The van der Waals surface area contributed by atoms with Crippen LogP contribution in [0.4, 0.5) is 0 Å². The van der Waals surface area contributed by atoms with Gasteiger partial charge in [-0.15, -0.1) is 0 Å². The topological polar surface area (TPSA) is 162 Å². The Balaban J connectivity index is 2.17. The Bertz CT molecular complexity index is 1140. The van der Waals surface area contributed by atoms with Crippen LogP contribution in [-0.2, 0) is 23.7 Å². The maximum absolute atomic E-state index is 14.3. The second-order valence-electron chi connectivity index (χ2n) is 18.1. The van der Waals surface area contributed by atoms with Gasteiger partial charge in [0.15, 0.2) is 0 Å². The molecule has 306 valence electrons. The number of esters is 1. The van der Waals surface area contributed by atoms with E-state index in [-0.39, 0.29) is 30.1 Å². The van der Waals surface area contributed by atoms with Gasteiger partial charge in [-0.2, -0.15) is 0 Å². The molecule has 12 heteroatoms. The molecule has 0 amide bonds. The van der Waals surface area contributed by atoms with E-state index in [2.05, 4.69) is 13.8 Å². The molecule has 0 unspecified atom stereocenters. The van der Waals surface area contributed by atoms with E-state index in [9.17, 15) is 30.3 Å². The first-order valence-corrected chi connectivity index (χ1v) is 19.8. The van der Waals surface area contributed by atoms with Crippen molar-refractivity contribution >= 4 is 5.97 Å². The maximum atomic E-state index is 14.3. The summed E-state index contributed by atoms with van der Waals surface area (Å²) in [6, 6.07) is -0.596. The molecule has 52 heavy (non-hydrogen) atoms. The van der Waals surface area contributed by atoms with Gasteiger partial charge in [0.2, 0.25) is 0 Å². The van der Waals surface area contributed by atoms with Gasteiger partial charge in [0, 0.05) is 32.2 Å². The Kier molecular flexibility index (Phi) is 15.6. The summed E-state index contributed by atoms with van der Waals surface area (Å²) in [7, 11) is 7.40. The zero-order chi connectivity index (χ0) is 39.7. The quantitative estimate of drug-likeness (QED) is 0.243. The molecular formula is C40H76N2O10. The Morgan fingerprint density at radius 2 is 1.56 bits per heavy atom. The van der Waals surface area contributed by atoms with Crippen LogP contribution in [0.25, 0.3) is 0 Å². The van der Waals surface area contributed by atoms with Gasteiger partial charge in [-0.1, -0.05) is 27.7 Å². The number of aliphatic hydroxyl groups excluding tert-OH is 3. The number of carbonyl (C=O) groups is 1. The molecule has 0 spiro atoms. The minimum Gasteiger partial charge on any atom is -0.459 e. The van der Waals surface area contributed by atoms with Gasteiger partial charge in [0.25, 0.3) is 0 Å². The molecule has 3 saturated heterocycles. The highest BCUT2D eigenvalue weighted by molar-refractivity contribution is 5.72. The lowest BCUT2D eigenvalue weighted by molar-refractivity contribution is -0.220. The SMILES string of the molecule is CC[C@H]1OC(=O)[C@H](C)[C@@H](C[C@H]2C[C@@](C)(OC)[C@@H](O)[C@H](C)O2)[C@H](C)[C@@H](C[C@@H]2O[C@H](C)C[C@H](N(C)C)[C@H]2O)[C@](C)(O)C[C@@H](C)CN(C)[C@H](C)[C@@H](O)[C@]1(C)O. The molecule has 0 saturated carbocycles. The molecule has 0 bridgehead atoms. The summed E-state index contributed by atoms with van der Waals surface area (Å²) in [5.41, 5.74) is -3.85. The molecule has 3 aliphatic heterocycles. The van der Waals surface area contributed by atoms with Crippen LogP contribution in [-0.4, -0.2) is 154 Å². The molecule has 3 rings (SSSR count). The van der Waals surface area contributed by atoms with Gasteiger partial charge in [-0.05, 0) is 118 Å². The van der Waals surface area contributed by atoms with Crippen molar-refractivity contribution in [3.8, 4) is 0 Å². The number of hydrogen-bond donors (Lipinski definition) is 5. The van der Waals surface area contributed by atoms with Crippen LogP contribution in [0.1, 0.15) is 108 Å². The van der Waals surface area contributed by atoms with Crippen LogP contribution < -0.4 is 0 Å². The number of likely N-dealkylation sites (N-methyl/N-ethyl adjacent to an activating group) is 2. The minimum atomic E-state index is -1.73. The van der Waals surface area contributed by atoms with Crippen LogP contribution in [0.15, 0.2) is 0 Å². The first kappa shape index (κ1) is 45.5. The second-order valence-corrected chi connectivity index (χ2v) is 18.1. The predicted molar refractivity (Wildman–Crippen MR) is 201 cm³/mol. The van der Waals surface area contributed by atoms with Crippen LogP contribution in [0.2, 0.25) is 0 Å². The van der Waals surface area contributed by atoms with Crippen molar-refractivity contribution in [2.24, 2.45) is 29.6 Å². The lowest BCUT2D eigenvalue weighted by Gasteiger charge is -2.49. The molecular weight excluding hydrogens is 668 g/mol. The Morgan fingerprint density at radius 1 is 0.942 bits per heavy atom. The molecule has 18 atom stereocenters. The fourth-order valence-corrected chi connectivity index (χ4v) is 10.0. The van der Waals surface area contributed by atoms with Crippen molar-refractivity contribution in [1.29, 1.82) is 0 Å². The third-order valence-electron chi connectivity index (χ3n) is 13.5. The summed E-state index contributed by atoms with van der Waals surface area (Å²) in [4.78, 5) is 18.3. The maximum Gasteiger partial charge on any atom is 0.309 e. The zero-order valence-corrected chi connectivity index (χ0v) is 34.8. The monoisotopic (exact) mass is 745 g/mol. The van der Waals surface area contributed by atoms with Crippen LogP contribution in [0.5, 0.6) is 0 Å². The van der Waals surface area contributed by atoms with Crippen molar-refractivity contribution in [3.05, 3.63) is 0 Å². The Labute approximate surface area is 314 Å². The number of cyclic esters (lactones) is 1. The van der Waals surface area contributed by atoms with E-state index in [0.717, 1.165) is 0 Å². The number of aliphatic hydroxyl groups is 5. The minimum absolute atomic E-state index is 0.0211. The lowest BCUT2D eigenvalue weighted by Crippen LogP contribution is -2.59. The van der Waals surface area contributed by atoms with E-state index in [0.29, 0.717) is 45.1 Å². The fraction of sp³-hybridized carbons (Fsp3) is 0.975. The van der Waals surface area contributed by atoms with Crippen molar-refractivity contribution < 1.29 is 49.3 Å². The molecule has 0 aromatic heterocycles. The number of hydrogen-bond acceptors (Lipinski definition) is 12. The molecule has 0 aromatic carbocycles. The van der Waals surface area contributed by atoms with Crippen molar-refractivity contribution in [2.45, 2.75) is 185 Å². The molecule has 12 nitrogen and oxygen atoms in total. The van der Waals surface area contributed by atoms with Gasteiger partial charge in [-0.25, -0.2) is 0 Å². The molecule has 0 radical (unpaired) electrons. The van der Waals surface area contributed by atoms with E-state index < -0.39 is 83.2 Å². The van der Waals surface area contributed by atoms with E-state index >= 15 is 0 Å². The third-order valence-corrected chi connectivity index (χ3v) is 13.5. The number of rotatable bonds is 7. The number of ether oxygens (including phenoxy) is 4. The standard InChI is InChI=1S/C40H76N2O10/c1-15-33-40(10,48)35(44)26(6)42(13)21-22(2)19-38(8,47)30(18-32-34(43)31(41(11)12)16-23(3)50-32)24(4)29(25(5)37(46)52-33)17-28-20-39(9,49-14)36(45)27(7)51-28/h22-36,43-45,47-48H,15-21H2,1-14H3/t22-,23-,24+,25-,26-,27+,28+,29+,30-,31+,32+,33-,34-,35-,36+,38-,39-,40-/m1/s1. The second kappa shape index (κ2) is 17.9. The highest BCUT2D eigenvalue weighted by Crippen LogP contribution is 2.46. The third kappa shape index (κ3) is 10.1. The Hall–Kier alpha value is -0.930. The predicted octanol–water partition coefficient (Wildman–Crippen LogP) is 3.23. The summed E-state index contributed by atoms with van der Waals surface area (Å²) in [6.45, 7) is 19.3. The normalized spacial score (nSPS) is 49.6. The van der Waals surface area contributed by atoms with E-state index in [1.165, 1.54) is 6.92 Å². The lowest BCUT2D eigenvalue weighted by atomic mass is 9.64. The van der Waals surface area contributed by atoms with Crippen LogP contribution >= 0.6 is 0 Å². The molecule has 5 N–H and O–H groups in total. The zero-order valence-electron chi connectivity index (χ0n) is 34.8. The largest absolute Gasteiger partial charge is 0.459 e. The smallest absolute Gasteiger partial charge is 0.309 e. The van der Waals surface area contributed by atoms with Crippen LogP contribution in [0.3, 0.4) is 0 Å². The summed E-state index contributed by atoms with van der Waals surface area (Å²) < 4.78 is 24.8. The van der Waals surface area contributed by atoms with Gasteiger partial charge >= 0.3 is 5.97 Å². The first-order chi connectivity index (χ1) is 23.9. The van der Waals surface area contributed by atoms with Gasteiger partial charge in [-0.3, -0.25) is 4.79 Å². The van der Waals surface area contributed by atoms with Crippen LogP contribution in [0, 0.1) is 29.6 Å². The van der Waals surface area contributed by atoms with Gasteiger partial charge in [0.1, 0.15) is 23.9 Å². The summed E-state index contributed by atoms with van der Waals surface area (Å²) in [5, 5.41) is 58.6. The molecule has 0 aliphatic carbocycles. The summed E-state index contributed by atoms with van der Waals surface area (Å²) in [6.07, 6.45) is -2.80. The average molecular weight is 745 g/mol. The molecule has 3 heterocycles. The van der Waals surface area contributed by atoms with Crippen molar-refractivity contribution in [2.75, 3.05) is 34.8 Å². The van der Waals surface area contributed by atoms with E-state index in [4.69, 9.17) is 18.9 Å². The number of methoxy groups -OCH3 is 1. The van der Waals surface area contributed by atoms with Crippen molar-refractivity contribution in [3.63, 3.8) is 0 Å². The molecule has 3 fully saturated rings. The Morgan fingerprint density at radius 3 is 2.12 bits per heavy atom. The first-order valence-electron chi connectivity index (χ1n) is 19.8. The van der Waals surface area contributed by atoms with E-state index in [1.807, 2.05) is 79.4 Å². The molecule has 3 aliphatic rings. The highest BCUT2D eigenvalue weighted by atomic mass is 16.6. The number of nitrogens with zero attached hydrogens (tertiary/aromatic N) is 2. The highest BCUT2D eigenvalue weighted by Gasteiger charge is 2.51. The van der Waals surface area contributed by atoms with Gasteiger partial charge in [0.05, 0.1) is 47.6 Å². The summed E-state index contributed by atoms with van der Waals surface area (Å²) in [5.74, 6) is -2.35.